The second-order valence-electron chi connectivity index (χ2n) is 7.62. The molecule has 6 nitrogen and oxygen atoms in total. The van der Waals surface area contributed by atoms with Crippen LogP contribution in [0.2, 0.25) is 0 Å². The predicted octanol–water partition coefficient (Wildman–Crippen LogP) is 3.28. The fourth-order valence-electron chi connectivity index (χ4n) is 3.96. The zero-order valence-electron chi connectivity index (χ0n) is 17.7. The Morgan fingerprint density at radius 2 is 1.87 bits per heavy atom. The van der Waals surface area contributed by atoms with Gasteiger partial charge in [-0.1, -0.05) is 42.5 Å². The van der Waals surface area contributed by atoms with Crippen LogP contribution in [0.15, 0.2) is 73.1 Å². The number of ether oxygens (including phenoxy) is 1. The number of hydrogen-bond donors (Lipinski definition) is 0. The molecule has 0 unspecified atom stereocenters. The van der Waals surface area contributed by atoms with Crippen LogP contribution in [0.3, 0.4) is 0 Å². The van der Waals surface area contributed by atoms with Crippen LogP contribution in [0.4, 0.5) is 0 Å². The lowest BCUT2D eigenvalue weighted by molar-refractivity contribution is -0.138. The highest BCUT2D eigenvalue weighted by Crippen LogP contribution is 2.25. The molecule has 0 bridgehead atoms. The van der Waals surface area contributed by atoms with E-state index in [4.69, 9.17) is 4.74 Å². The minimum Gasteiger partial charge on any atom is -0.496 e. The van der Waals surface area contributed by atoms with E-state index in [1.165, 1.54) is 0 Å². The van der Waals surface area contributed by atoms with Crippen molar-refractivity contribution in [2.75, 3.05) is 27.2 Å². The fourth-order valence-corrected chi connectivity index (χ4v) is 3.96. The van der Waals surface area contributed by atoms with Crippen molar-refractivity contribution in [3.63, 3.8) is 0 Å². The number of likely N-dealkylation sites (N-methyl/N-ethyl adjacent to an activating group) is 1. The van der Waals surface area contributed by atoms with Gasteiger partial charge in [0, 0.05) is 39.0 Å². The van der Waals surface area contributed by atoms with E-state index in [-0.39, 0.29) is 11.8 Å². The Kier molecular flexibility index (Phi) is 5.98. The minimum absolute atomic E-state index is 0.0544. The van der Waals surface area contributed by atoms with Gasteiger partial charge in [0.2, 0.25) is 5.91 Å². The Morgan fingerprint density at radius 3 is 2.65 bits per heavy atom. The molecule has 2 heterocycles. The van der Waals surface area contributed by atoms with Crippen molar-refractivity contribution < 1.29 is 14.3 Å². The number of para-hydroxylation sites is 1. The van der Waals surface area contributed by atoms with E-state index in [0.29, 0.717) is 30.8 Å². The molecule has 6 heteroatoms. The number of pyridine rings is 1. The lowest BCUT2D eigenvalue weighted by atomic mass is 9.97. The van der Waals surface area contributed by atoms with E-state index >= 15 is 0 Å². The molecule has 1 aliphatic rings. The molecule has 158 valence electrons. The van der Waals surface area contributed by atoms with Crippen LogP contribution < -0.4 is 4.74 Å². The summed E-state index contributed by atoms with van der Waals surface area (Å²) in [5, 5.41) is 0. The van der Waals surface area contributed by atoms with Gasteiger partial charge in [0.1, 0.15) is 11.8 Å². The van der Waals surface area contributed by atoms with E-state index in [2.05, 4.69) is 11.1 Å². The third-order valence-electron chi connectivity index (χ3n) is 5.66. The van der Waals surface area contributed by atoms with Crippen LogP contribution in [-0.2, 0) is 11.2 Å². The summed E-state index contributed by atoms with van der Waals surface area (Å²) in [6.45, 7) is 0.984. The van der Waals surface area contributed by atoms with Crippen molar-refractivity contribution in [3.8, 4) is 16.9 Å². The zero-order chi connectivity index (χ0) is 21.8. The Labute approximate surface area is 182 Å². The number of aromatic nitrogens is 1. The lowest BCUT2D eigenvalue weighted by Gasteiger charge is -2.39. The Balaban J connectivity index is 1.64. The molecule has 1 fully saturated rings. The van der Waals surface area contributed by atoms with Gasteiger partial charge in [0.05, 0.1) is 12.7 Å². The van der Waals surface area contributed by atoms with Crippen LogP contribution >= 0.6 is 0 Å². The molecule has 1 saturated heterocycles. The molecule has 0 aliphatic carbocycles. The van der Waals surface area contributed by atoms with Gasteiger partial charge in [-0.15, -0.1) is 0 Å². The molecule has 2 aromatic carbocycles. The first-order valence-electron chi connectivity index (χ1n) is 10.3. The van der Waals surface area contributed by atoms with Crippen molar-refractivity contribution in [2.24, 2.45) is 0 Å². The van der Waals surface area contributed by atoms with Gasteiger partial charge < -0.3 is 14.5 Å². The first-order chi connectivity index (χ1) is 15.1. The fraction of sp³-hybridized carbons (Fsp3) is 0.240. The van der Waals surface area contributed by atoms with Gasteiger partial charge in [-0.25, -0.2) is 0 Å². The number of benzene rings is 2. The molecule has 1 aromatic heterocycles. The van der Waals surface area contributed by atoms with E-state index in [0.717, 1.165) is 16.7 Å². The van der Waals surface area contributed by atoms with Gasteiger partial charge in [-0.2, -0.15) is 0 Å². The normalized spacial score (nSPS) is 16.3. The van der Waals surface area contributed by atoms with E-state index in [1.54, 1.807) is 48.4 Å². The summed E-state index contributed by atoms with van der Waals surface area (Å²) in [6, 6.07) is 18.5. The third-order valence-corrected chi connectivity index (χ3v) is 5.66. The molecule has 2 amide bonds. The summed E-state index contributed by atoms with van der Waals surface area (Å²) >= 11 is 0. The predicted molar refractivity (Wildman–Crippen MR) is 119 cm³/mol. The summed E-state index contributed by atoms with van der Waals surface area (Å²) in [7, 11) is 3.33. The topological polar surface area (TPSA) is 62.7 Å². The lowest BCUT2D eigenvalue weighted by Crippen LogP contribution is -2.58. The highest BCUT2D eigenvalue weighted by Gasteiger charge is 2.37. The summed E-state index contributed by atoms with van der Waals surface area (Å²) in [4.78, 5) is 34.0. The molecule has 1 aliphatic heterocycles. The van der Waals surface area contributed by atoms with E-state index in [9.17, 15) is 9.59 Å². The molecular weight excluding hydrogens is 390 g/mol. The number of hydrogen-bond acceptors (Lipinski definition) is 4. The zero-order valence-corrected chi connectivity index (χ0v) is 17.7. The molecule has 3 aromatic rings. The first-order valence-corrected chi connectivity index (χ1v) is 10.3. The molecule has 31 heavy (non-hydrogen) atoms. The van der Waals surface area contributed by atoms with Crippen molar-refractivity contribution in [1.29, 1.82) is 0 Å². The third kappa shape index (κ3) is 4.28. The van der Waals surface area contributed by atoms with Crippen molar-refractivity contribution in [1.82, 2.24) is 14.8 Å². The minimum atomic E-state index is -0.569. The van der Waals surface area contributed by atoms with Crippen molar-refractivity contribution in [2.45, 2.75) is 12.5 Å². The largest absolute Gasteiger partial charge is 0.496 e. The van der Waals surface area contributed by atoms with Crippen LogP contribution in [0.25, 0.3) is 11.1 Å². The van der Waals surface area contributed by atoms with E-state index < -0.39 is 6.04 Å². The average Bonchev–Trinajstić information content (AvgIpc) is 2.82. The molecule has 0 saturated carbocycles. The SMILES string of the molecule is COc1ccccc1C(=O)N1CCN(C)C(=O)[C@H]1Cc1cccc(-c2cccnc2)c1. The van der Waals surface area contributed by atoms with Gasteiger partial charge in [-0.05, 0) is 34.9 Å². The number of methoxy groups -OCH3 is 1. The maximum absolute atomic E-state index is 13.4. The van der Waals surface area contributed by atoms with Gasteiger partial charge in [0.25, 0.3) is 5.91 Å². The van der Waals surface area contributed by atoms with Crippen molar-refractivity contribution in [3.05, 3.63) is 84.2 Å². The summed E-state index contributed by atoms with van der Waals surface area (Å²) in [6.07, 6.45) is 4.00. The van der Waals surface area contributed by atoms with E-state index in [1.807, 2.05) is 42.6 Å². The Morgan fingerprint density at radius 1 is 1.06 bits per heavy atom. The smallest absolute Gasteiger partial charge is 0.258 e. The number of rotatable bonds is 5. The number of piperazine rings is 1. The van der Waals surface area contributed by atoms with Gasteiger partial charge in [-0.3, -0.25) is 14.6 Å². The maximum atomic E-state index is 13.4. The van der Waals surface area contributed by atoms with Crippen LogP contribution in [0.5, 0.6) is 5.75 Å². The van der Waals surface area contributed by atoms with Gasteiger partial charge in [0.15, 0.2) is 0 Å². The quantitative estimate of drug-likeness (QED) is 0.642. The Hall–Kier alpha value is -3.67. The number of carbonyl (C=O) groups is 2. The Bertz CT molecular complexity index is 1080. The maximum Gasteiger partial charge on any atom is 0.258 e. The number of carbonyl (C=O) groups excluding carboxylic acids is 2. The molecule has 0 N–H and O–H groups in total. The highest BCUT2D eigenvalue weighted by molar-refractivity contribution is 6.00. The molecule has 0 spiro atoms. The van der Waals surface area contributed by atoms with Crippen LogP contribution in [0.1, 0.15) is 15.9 Å². The molecular formula is C25H25N3O3. The average molecular weight is 415 g/mol. The first kappa shape index (κ1) is 20.6. The van der Waals surface area contributed by atoms with Crippen LogP contribution in [-0.4, -0.2) is 59.9 Å². The summed E-state index contributed by atoms with van der Waals surface area (Å²) in [5.74, 6) is 0.268. The molecule has 1 atom stereocenters. The summed E-state index contributed by atoms with van der Waals surface area (Å²) in [5.41, 5.74) is 3.51. The van der Waals surface area contributed by atoms with Crippen LogP contribution in [0, 0.1) is 0 Å². The second-order valence-corrected chi connectivity index (χ2v) is 7.62. The summed E-state index contributed by atoms with van der Waals surface area (Å²) < 4.78 is 5.37. The van der Waals surface area contributed by atoms with Crippen molar-refractivity contribution >= 4 is 11.8 Å². The molecule has 4 rings (SSSR count). The highest BCUT2D eigenvalue weighted by atomic mass is 16.5. The molecule has 0 radical (unpaired) electrons. The second kappa shape index (κ2) is 9.00. The van der Waals surface area contributed by atoms with Gasteiger partial charge >= 0.3 is 0 Å². The number of amides is 2. The number of nitrogens with zero attached hydrogens (tertiary/aromatic N) is 3. The standard InChI is InChI=1S/C25H25N3O3/c1-27-13-14-28(24(29)21-10-3-4-11-23(21)31-2)22(25(27)30)16-18-7-5-8-19(15-18)20-9-6-12-26-17-20/h3-12,15,17,22H,13-14,16H2,1-2H3/t22-/m1/s1. The monoisotopic (exact) mass is 415 g/mol.